The zero-order valence-corrected chi connectivity index (χ0v) is 11.8. The zero-order valence-electron chi connectivity index (χ0n) is 11.8. The number of aromatic nitrogens is 2. The first-order valence-corrected chi connectivity index (χ1v) is 7.17. The van der Waals surface area contributed by atoms with Crippen LogP contribution < -0.4 is 10.6 Å². The van der Waals surface area contributed by atoms with Gasteiger partial charge in [0.15, 0.2) is 0 Å². The van der Waals surface area contributed by atoms with Crippen LogP contribution in [0.2, 0.25) is 0 Å². The Morgan fingerprint density at radius 3 is 2.89 bits per heavy atom. The average Bonchev–Trinajstić information content (AvgIpc) is 2.85. The molecule has 102 valence electrons. The normalized spacial score (nSPS) is 24.7. The SMILES string of the molecule is CCn1cc(CNC2CCC(C(C)C)NC2)cn1. The van der Waals surface area contributed by atoms with Gasteiger partial charge in [-0.25, -0.2) is 0 Å². The minimum atomic E-state index is 0.602. The topological polar surface area (TPSA) is 41.9 Å². The van der Waals surface area contributed by atoms with E-state index in [1.807, 2.05) is 10.9 Å². The Bertz CT molecular complexity index is 350. The molecule has 0 radical (unpaired) electrons. The van der Waals surface area contributed by atoms with Crippen molar-refractivity contribution in [1.29, 1.82) is 0 Å². The van der Waals surface area contributed by atoms with Crippen LogP contribution in [0.25, 0.3) is 0 Å². The summed E-state index contributed by atoms with van der Waals surface area (Å²) >= 11 is 0. The molecule has 0 aliphatic carbocycles. The van der Waals surface area contributed by atoms with Crippen molar-refractivity contribution in [2.24, 2.45) is 5.92 Å². The highest BCUT2D eigenvalue weighted by Crippen LogP contribution is 2.15. The number of hydrogen-bond acceptors (Lipinski definition) is 3. The Morgan fingerprint density at radius 1 is 1.50 bits per heavy atom. The van der Waals surface area contributed by atoms with E-state index in [1.165, 1.54) is 18.4 Å². The molecule has 1 aliphatic rings. The Kier molecular flexibility index (Phi) is 4.78. The van der Waals surface area contributed by atoms with Gasteiger partial charge in [0.05, 0.1) is 6.20 Å². The van der Waals surface area contributed by atoms with E-state index in [2.05, 4.69) is 42.7 Å². The van der Waals surface area contributed by atoms with Crippen LogP contribution in [0.4, 0.5) is 0 Å². The van der Waals surface area contributed by atoms with E-state index in [-0.39, 0.29) is 0 Å². The molecule has 2 N–H and O–H groups in total. The van der Waals surface area contributed by atoms with Crippen molar-refractivity contribution in [3.05, 3.63) is 18.0 Å². The lowest BCUT2D eigenvalue weighted by atomic mass is 9.93. The smallest absolute Gasteiger partial charge is 0.0534 e. The molecule has 1 aromatic rings. The molecular weight excluding hydrogens is 224 g/mol. The lowest BCUT2D eigenvalue weighted by Gasteiger charge is -2.32. The molecule has 1 fully saturated rings. The second kappa shape index (κ2) is 6.34. The van der Waals surface area contributed by atoms with E-state index in [0.717, 1.165) is 25.6 Å². The highest BCUT2D eigenvalue weighted by Gasteiger charge is 2.21. The summed E-state index contributed by atoms with van der Waals surface area (Å²) < 4.78 is 1.98. The minimum Gasteiger partial charge on any atom is -0.312 e. The van der Waals surface area contributed by atoms with Gasteiger partial charge in [-0.05, 0) is 25.7 Å². The highest BCUT2D eigenvalue weighted by molar-refractivity contribution is 5.03. The summed E-state index contributed by atoms with van der Waals surface area (Å²) in [5.74, 6) is 0.744. The largest absolute Gasteiger partial charge is 0.312 e. The standard InChI is InChI=1S/C14H26N4/c1-4-18-10-12(8-17-18)7-15-13-5-6-14(11(2)3)16-9-13/h8,10-11,13-16H,4-7,9H2,1-3H3. The van der Waals surface area contributed by atoms with Crippen molar-refractivity contribution >= 4 is 0 Å². The molecule has 4 nitrogen and oxygen atoms in total. The van der Waals surface area contributed by atoms with Crippen molar-refractivity contribution in [1.82, 2.24) is 20.4 Å². The molecule has 1 aromatic heterocycles. The molecule has 18 heavy (non-hydrogen) atoms. The summed E-state index contributed by atoms with van der Waals surface area (Å²) in [5, 5.41) is 11.6. The summed E-state index contributed by atoms with van der Waals surface area (Å²) in [7, 11) is 0. The van der Waals surface area contributed by atoms with Gasteiger partial charge in [0.25, 0.3) is 0 Å². The number of hydrogen-bond donors (Lipinski definition) is 2. The maximum atomic E-state index is 4.29. The van der Waals surface area contributed by atoms with Crippen LogP contribution >= 0.6 is 0 Å². The number of nitrogens with one attached hydrogen (secondary N) is 2. The molecule has 0 bridgehead atoms. The minimum absolute atomic E-state index is 0.602. The number of piperidine rings is 1. The van der Waals surface area contributed by atoms with Gasteiger partial charge in [0.2, 0.25) is 0 Å². The van der Waals surface area contributed by atoms with Crippen molar-refractivity contribution in [2.45, 2.75) is 58.8 Å². The first-order valence-electron chi connectivity index (χ1n) is 7.17. The molecule has 2 heterocycles. The molecule has 4 heteroatoms. The second-order valence-corrected chi connectivity index (χ2v) is 5.62. The Balaban J connectivity index is 1.72. The first kappa shape index (κ1) is 13.6. The molecular formula is C14H26N4. The van der Waals surface area contributed by atoms with E-state index >= 15 is 0 Å². The Morgan fingerprint density at radius 2 is 2.33 bits per heavy atom. The third kappa shape index (κ3) is 3.56. The molecule has 0 aromatic carbocycles. The van der Waals surface area contributed by atoms with Gasteiger partial charge in [-0.2, -0.15) is 5.10 Å². The maximum Gasteiger partial charge on any atom is 0.0534 e. The number of rotatable bonds is 5. The molecule has 1 saturated heterocycles. The van der Waals surface area contributed by atoms with Gasteiger partial charge in [-0.15, -0.1) is 0 Å². The molecule has 0 amide bonds. The van der Waals surface area contributed by atoms with Gasteiger partial charge in [0.1, 0.15) is 0 Å². The van der Waals surface area contributed by atoms with Gasteiger partial charge >= 0.3 is 0 Å². The lowest BCUT2D eigenvalue weighted by Crippen LogP contribution is -2.49. The fourth-order valence-corrected chi connectivity index (χ4v) is 2.55. The molecule has 0 saturated carbocycles. The molecule has 2 unspecified atom stereocenters. The van der Waals surface area contributed by atoms with Crippen molar-refractivity contribution in [3.63, 3.8) is 0 Å². The van der Waals surface area contributed by atoms with Crippen LogP contribution in [-0.4, -0.2) is 28.4 Å². The van der Waals surface area contributed by atoms with Crippen LogP contribution in [0.15, 0.2) is 12.4 Å². The van der Waals surface area contributed by atoms with Crippen LogP contribution in [0.5, 0.6) is 0 Å². The first-order chi connectivity index (χ1) is 8.69. The maximum absolute atomic E-state index is 4.29. The molecule has 1 aliphatic heterocycles. The van der Waals surface area contributed by atoms with Crippen molar-refractivity contribution in [2.75, 3.05) is 6.54 Å². The zero-order chi connectivity index (χ0) is 13.0. The van der Waals surface area contributed by atoms with Crippen LogP contribution in [0.1, 0.15) is 39.2 Å². The molecule has 0 spiro atoms. The molecule has 2 atom stereocenters. The predicted molar refractivity (Wildman–Crippen MR) is 74.4 cm³/mol. The van der Waals surface area contributed by atoms with Crippen molar-refractivity contribution in [3.8, 4) is 0 Å². The van der Waals surface area contributed by atoms with Gasteiger partial charge in [0, 0.05) is 43.5 Å². The third-order valence-electron chi connectivity index (χ3n) is 3.86. The highest BCUT2D eigenvalue weighted by atomic mass is 15.3. The van der Waals surface area contributed by atoms with Gasteiger partial charge < -0.3 is 10.6 Å². The number of nitrogens with zero attached hydrogens (tertiary/aromatic N) is 2. The van der Waals surface area contributed by atoms with E-state index in [4.69, 9.17) is 0 Å². The summed E-state index contributed by atoms with van der Waals surface area (Å²) in [6.07, 6.45) is 6.64. The second-order valence-electron chi connectivity index (χ2n) is 5.62. The van der Waals surface area contributed by atoms with E-state index in [0.29, 0.717) is 12.1 Å². The van der Waals surface area contributed by atoms with Crippen molar-refractivity contribution < 1.29 is 0 Å². The quantitative estimate of drug-likeness (QED) is 0.837. The number of aryl methyl sites for hydroxylation is 1. The fourth-order valence-electron chi connectivity index (χ4n) is 2.55. The monoisotopic (exact) mass is 250 g/mol. The Labute approximate surface area is 110 Å². The van der Waals surface area contributed by atoms with E-state index < -0.39 is 0 Å². The van der Waals surface area contributed by atoms with Crippen LogP contribution in [0, 0.1) is 5.92 Å². The molecule has 2 rings (SSSR count). The van der Waals surface area contributed by atoms with Crippen LogP contribution in [-0.2, 0) is 13.1 Å². The van der Waals surface area contributed by atoms with Gasteiger partial charge in [-0.3, -0.25) is 4.68 Å². The summed E-state index contributed by atoms with van der Waals surface area (Å²) in [5.41, 5.74) is 1.28. The van der Waals surface area contributed by atoms with Gasteiger partial charge in [-0.1, -0.05) is 13.8 Å². The summed E-state index contributed by atoms with van der Waals surface area (Å²) in [6, 6.07) is 1.30. The fraction of sp³-hybridized carbons (Fsp3) is 0.786. The summed E-state index contributed by atoms with van der Waals surface area (Å²) in [6.45, 7) is 9.67. The predicted octanol–water partition coefficient (Wildman–Crippen LogP) is 1.77. The lowest BCUT2D eigenvalue weighted by molar-refractivity contribution is 0.278. The van der Waals surface area contributed by atoms with Crippen LogP contribution in [0.3, 0.4) is 0 Å². The average molecular weight is 250 g/mol. The van der Waals surface area contributed by atoms with E-state index in [9.17, 15) is 0 Å². The van der Waals surface area contributed by atoms with E-state index in [1.54, 1.807) is 0 Å². The summed E-state index contributed by atoms with van der Waals surface area (Å²) in [4.78, 5) is 0. The third-order valence-corrected chi connectivity index (χ3v) is 3.86. The Hall–Kier alpha value is -0.870.